The Bertz CT molecular complexity index is 938. The monoisotopic (exact) mass is 387 g/mol. The summed E-state index contributed by atoms with van der Waals surface area (Å²) in [4.78, 5) is 6.96. The highest BCUT2D eigenvalue weighted by atomic mass is 15.3. The molecule has 0 aromatic heterocycles. The van der Waals surface area contributed by atoms with E-state index in [0.29, 0.717) is 0 Å². The fourth-order valence-corrected chi connectivity index (χ4v) is 3.75. The van der Waals surface area contributed by atoms with Gasteiger partial charge in [-0.05, 0) is 36.6 Å². The van der Waals surface area contributed by atoms with Crippen LogP contribution >= 0.6 is 0 Å². The lowest BCUT2D eigenvalue weighted by Gasteiger charge is -2.32. The third-order valence-electron chi connectivity index (χ3n) is 5.36. The van der Waals surface area contributed by atoms with Crippen molar-refractivity contribution in [3.63, 3.8) is 0 Å². The third-order valence-corrected chi connectivity index (χ3v) is 5.36. The minimum atomic E-state index is -0.976. The number of allylic oxidation sites excluding steroid dienone is 1. The van der Waals surface area contributed by atoms with Crippen LogP contribution in [0, 0.1) is 6.92 Å². The van der Waals surface area contributed by atoms with Gasteiger partial charge in [-0.15, -0.1) is 0 Å². The molecule has 2 heterocycles. The van der Waals surface area contributed by atoms with Gasteiger partial charge in [0.1, 0.15) is 5.82 Å². The van der Waals surface area contributed by atoms with Gasteiger partial charge in [-0.1, -0.05) is 60.2 Å². The molecule has 4 rings (SSSR count). The van der Waals surface area contributed by atoms with Crippen LogP contribution in [-0.2, 0) is 5.79 Å². The van der Waals surface area contributed by atoms with Crippen LogP contribution < -0.4 is 16.4 Å². The standard InChI is InChI=1S/C24H29N5/c1-19-7-4-8-20(17-19)21-9-5-10-22(18-21)24(25)27-13-11-23(28-24)26-12-6-16-29-14-2-3-15-29/h2-5,7-11,13,17-18,26,28H,6,12,14-16,25H2,1H3. The van der Waals surface area contributed by atoms with Gasteiger partial charge in [0.05, 0.1) is 0 Å². The van der Waals surface area contributed by atoms with E-state index >= 15 is 0 Å². The molecule has 0 saturated heterocycles. The molecule has 0 saturated carbocycles. The van der Waals surface area contributed by atoms with E-state index in [1.807, 2.05) is 18.2 Å². The highest BCUT2D eigenvalue weighted by Crippen LogP contribution is 2.26. The first-order valence-electron chi connectivity index (χ1n) is 10.2. The molecule has 4 N–H and O–H groups in total. The normalized spacial score (nSPS) is 21.1. The number of nitrogens with one attached hydrogen (secondary N) is 2. The molecule has 2 aliphatic heterocycles. The molecule has 0 radical (unpaired) electrons. The Balaban J connectivity index is 1.40. The maximum Gasteiger partial charge on any atom is 0.210 e. The predicted molar refractivity (Wildman–Crippen MR) is 120 cm³/mol. The van der Waals surface area contributed by atoms with Gasteiger partial charge in [0.15, 0.2) is 0 Å². The van der Waals surface area contributed by atoms with Crippen LogP contribution in [0.25, 0.3) is 11.1 Å². The summed E-state index contributed by atoms with van der Waals surface area (Å²) in [6.07, 6.45) is 9.25. The fraction of sp³-hybridized carbons (Fsp3) is 0.292. The van der Waals surface area contributed by atoms with Crippen LogP contribution in [0.1, 0.15) is 17.5 Å². The zero-order valence-corrected chi connectivity index (χ0v) is 16.9. The van der Waals surface area contributed by atoms with E-state index in [0.717, 1.165) is 49.5 Å². The van der Waals surface area contributed by atoms with Crippen molar-refractivity contribution in [3.05, 3.63) is 83.7 Å². The number of hydrogen-bond acceptors (Lipinski definition) is 5. The molecule has 2 aliphatic rings. The molecule has 150 valence electrons. The highest BCUT2D eigenvalue weighted by molar-refractivity contribution is 5.74. The van der Waals surface area contributed by atoms with E-state index in [-0.39, 0.29) is 0 Å². The quantitative estimate of drug-likeness (QED) is 0.505. The zero-order chi connectivity index (χ0) is 20.1. The molecule has 0 fully saturated rings. The smallest absolute Gasteiger partial charge is 0.210 e. The fourth-order valence-electron chi connectivity index (χ4n) is 3.75. The number of aliphatic imine (C=N–C) groups is 1. The van der Waals surface area contributed by atoms with Gasteiger partial charge in [0, 0.05) is 38.0 Å². The molecule has 1 unspecified atom stereocenters. The van der Waals surface area contributed by atoms with Gasteiger partial charge in [0.2, 0.25) is 5.79 Å². The van der Waals surface area contributed by atoms with Crippen LogP contribution in [0.15, 0.2) is 77.6 Å². The topological polar surface area (TPSA) is 65.7 Å². The summed E-state index contributed by atoms with van der Waals surface area (Å²) in [6.45, 7) is 6.22. The van der Waals surface area contributed by atoms with Crippen molar-refractivity contribution in [2.75, 3.05) is 26.2 Å². The van der Waals surface area contributed by atoms with E-state index < -0.39 is 5.79 Å². The number of nitrogens with two attached hydrogens (primary N) is 1. The summed E-state index contributed by atoms with van der Waals surface area (Å²) in [5.41, 5.74) is 11.1. The van der Waals surface area contributed by atoms with Crippen LogP contribution in [0.3, 0.4) is 0 Å². The second-order valence-corrected chi connectivity index (χ2v) is 7.71. The maximum atomic E-state index is 6.65. The van der Waals surface area contributed by atoms with Gasteiger partial charge in [-0.2, -0.15) is 0 Å². The van der Waals surface area contributed by atoms with Crippen molar-refractivity contribution in [2.45, 2.75) is 19.1 Å². The second-order valence-electron chi connectivity index (χ2n) is 7.71. The van der Waals surface area contributed by atoms with Crippen molar-refractivity contribution >= 4 is 6.21 Å². The van der Waals surface area contributed by atoms with Gasteiger partial charge in [-0.25, -0.2) is 4.99 Å². The number of nitrogens with zero attached hydrogens (tertiary/aromatic N) is 2. The van der Waals surface area contributed by atoms with Gasteiger partial charge in [-0.3, -0.25) is 10.6 Å². The molecule has 0 amide bonds. The second kappa shape index (κ2) is 8.64. The Hall–Kier alpha value is -2.89. The molecular formula is C24H29N5. The minimum absolute atomic E-state index is 0.891. The molecule has 1 atom stereocenters. The lowest BCUT2D eigenvalue weighted by Crippen LogP contribution is -2.52. The Kier molecular flexibility index (Phi) is 5.79. The van der Waals surface area contributed by atoms with Crippen LogP contribution in [0.2, 0.25) is 0 Å². The van der Waals surface area contributed by atoms with Crippen molar-refractivity contribution < 1.29 is 0 Å². The molecule has 0 bridgehead atoms. The molecule has 2 aromatic rings. The third kappa shape index (κ3) is 4.75. The molecule has 0 spiro atoms. The van der Waals surface area contributed by atoms with Crippen molar-refractivity contribution in [3.8, 4) is 11.1 Å². The predicted octanol–water partition coefficient (Wildman–Crippen LogP) is 3.10. The number of benzene rings is 2. The summed E-state index contributed by atoms with van der Waals surface area (Å²) >= 11 is 0. The molecule has 2 aromatic carbocycles. The Labute approximate surface area is 173 Å². The summed E-state index contributed by atoms with van der Waals surface area (Å²) in [5, 5.41) is 6.82. The minimum Gasteiger partial charge on any atom is -0.372 e. The van der Waals surface area contributed by atoms with Gasteiger partial charge in [0.25, 0.3) is 0 Å². The van der Waals surface area contributed by atoms with E-state index in [9.17, 15) is 0 Å². The van der Waals surface area contributed by atoms with Crippen LogP contribution in [-0.4, -0.2) is 37.3 Å². The van der Waals surface area contributed by atoms with Gasteiger partial charge >= 0.3 is 0 Å². The first-order chi connectivity index (χ1) is 14.1. The Morgan fingerprint density at radius 1 is 1.10 bits per heavy atom. The molecule has 5 nitrogen and oxygen atoms in total. The Morgan fingerprint density at radius 2 is 1.86 bits per heavy atom. The molecule has 0 aliphatic carbocycles. The molecule has 29 heavy (non-hydrogen) atoms. The average molecular weight is 388 g/mol. The SMILES string of the molecule is Cc1cccc(-c2cccc(C3(N)N=CC=C(NCCCN4CC=CC4)N3)c2)c1. The summed E-state index contributed by atoms with van der Waals surface area (Å²) in [7, 11) is 0. The van der Waals surface area contributed by atoms with Crippen molar-refractivity contribution in [1.29, 1.82) is 0 Å². The van der Waals surface area contributed by atoms with Crippen LogP contribution in [0.5, 0.6) is 0 Å². The van der Waals surface area contributed by atoms with Crippen molar-refractivity contribution in [1.82, 2.24) is 15.5 Å². The number of hydrogen-bond donors (Lipinski definition) is 3. The molecular weight excluding hydrogens is 358 g/mol. The molecule has 5 heteroatoms. The van der Waals surface area contributed by atoms with E-state index in [1.54, 1.807) is 6.21 Å². The highest BCUT2D eigenvalue weighted by Gasteiger charge is 2.28. The average Bonchev–Trinajstić information content (AvgIpc) is 3.25. The number of rotatable bonds is 7. The van der Waals surface area contributed by atoms with E-state index in [1.165, 1.54) is 11.1 Å². The van der Waals surface area contributed by atoms with E-state index in [4.69, 9.17) is 5.73 Å². The summed E-state index contributed by atoms with van der Waals surface area (Å²) in [6, 6.07) is 16.8. The summed E-state index contributed by atoms with van der Waals surface area (Å²) < 4.78 is 0. The summed E-state index contributed by atoms with van der Waals surface area (Å²) in [5.74, 6) is -0.0708. The first-order valence-corrected chi connectivity index (χ1v) is 10.2. The first kappa shape index (κ1) is 19.4. The van der Waals surface area contributed by atoms with Gasteiger partial charge < -0.3 is 10.6 Å². The lowest BCUT2D eigenvalue weighted by atomic mass is 9.98. The number of aryl methyl sites for hydroxylation is 1. The maximum absolute atomic E-state index is 6.65. The zero-order valence-electron chi connectivity index (χ0n) is 16.9. The van der Waals surface area contributed by atoms with Crippen LogP contribution in [0.4, 0.5) is 0 Å². The lowest BCUT2D eigenvalue weighted by molar-refractivity contribution is 0.340. The largest absolute Gasteiger partial charge is 0.372 e. The van der Waals surface area contributed by atoms with E-state index in [2.05, 4.69) is 76.0 Å². The Morgan fingerprint density at radius 3 is 2.66 bits per heavy atom. The van der Waals surface area contributed by atoms with Crippen molar-refractivity contribution in [2.24, 2.45) is 10.7 Å².